The van der Waals surface area contributed by atoms with Gasteiger partial charge in [0.25, 0.3) is 0 Å². The molecule has 22 heavy (non-hydrogen) atoms. The standard InChI is InChI=1S/C17H19FN2OS/c1-12-3-9-16(10-4-12)21-11-13(2)19-17(22)20-15-7-5-14(18)6-8-15/h3-10,13H,11H2,1-2H3,(H2,19,20,22)/t13-/m0/s1. The van der Waals surface area contributed by atoms with Crippen LogP contribution in [0.3, 0.4) is 0 Å². The van der Waals surface area contributed by atoms with E-state index in [9.17, 15) is 4.39 Å². The van der Waals surface area contributed by atoms with E-state index in [4.69, 9.17) is 17.0 Å². The van der Waals surface area contributed by atoms with Crippen LogP contribution in [0.2, 0.25) is 0 Å². The van der Waals surface area contributed by atoms with Gasteiger partial charge < -0.3 is 15.4 Å². The third kappa shape index (κ3) is 5.33. The van der Waals surface area contributed by atoms with Crippen molar-refractivity contribution in [2.75, 3.05) is 11.9 Å². The molecule has 0 aliphatic carbocycles. The first kappa shape index (κ1) is 16.2. The van der Waals surface area contributed by atoms with Crippen LogP contribution < -0.4 is 15.4 Å². The molecule has 116 valence electrons. The Balaban J connectivity index is 1.76. The van der Waals surface area contributed by atoms with E-state index < -0.39 is 0 Å². The average Bonchev–Trinajstić information content (AvgIpc) is 2.49. The minimum absolute atomic E-state index is 0.0433. The Kier molecular flexibility index (Phi) is 5.72. The lowest BCUT2D eigenvalue weighted by molar-refractivity contribution is 0.287. The summed E-state index contributed by atoms with van der Waals surface area (Å²) in [6, 6.07) is 14.0. The fourth-order valence-electron chi connectivity index (χ4n) is 1.82. The van der Waals surface area contributed by atoms with Crippen molar-refractivity contribution < 1.29 is 9.13 Å². The zero-order chi connectivity index (χ0) is 15.9. The Morgan fingerprint density at radius 1 is 1.14 bits per heavy atom. The molecule has 1 atom stereocenters. The number of ether oxygens (including phenoxy) is 1. The van der Waals surface area contributed by atoms with E-state index >= 15 is 0 Å². The molecule has 3 nitrogen and oxygen atoms in total. The van der Waals surface area contributed by atoms with E-state index in [1.54, 1.807) is 12.1 Å². The van der Waals surface area contributed by atoms with Gasteiger partial charge >= 0.3 is 0 Å². The number of thiocarbonyl (C=S) groups is 1. The summed E-state index contributed by atoms with van der Waals surface area (Å²) in [7, 11) is 0. The maximum absolute atomic E-state index is 12.8. The Hall–Kier alpha value is -2.14. The first-order valence-corrected chi connectivity index (χ1v) is 7.46. The Labute approximate surface area is 135 Å². The highest BCUT2D eigenvalue weighted by atomic mass is 32.1. The zero-order valence-electron chi connectivity index (χ0n) is 12.6. The van der Waals surface area contributed by atoms with Gasteiger partial charge in [0.15, 0.2) is 5.11 Å². The third-order valence-electron chi connectivity index (χ3n) is 3.00. The van der Waals surface area contributed by atoms with Gasteiger partial charge in [0.2, 0.25) is 0 Å². The molecule has 0 amide bonds. The van der Waals surface area contributed by atoms with Crippen molar-refractivity contribution in [1.82, 2.24) is 5.32 Å². The largest absolute Gasteiger partial charge is 0.491 e. The van der Waals surface area contributed by atoms with Crippen LogP contribution in [0.4, 0.5) is 10.1 Å². The van der Waals surface area contributed by atoms with Gasteiger partial charge in [0, 0.05) is 5.69 Å². The molecule has 0 unspecified atom stereocenters. The molecule has 2 rings (SSSR count). The lowest BCUT2D eigenvalue weighted by atomic mass is 10.2. The van der Waals surface area contributed by atoms with Crippen LogP contribution in [0.1, 0.15) is 12.5 Å². The van der Waals surface area contributed by atoms with Gasteiger partial charge in [-0.1, -0.05) is 17.7 Å². The number of anilines is 1. The lowest BCUT2D eigenvalue weighted by Gasteiger charge is -2.17. The highest BCUT2D eigenvalue weighted by molar-refractivity contribution is 7.80. The number of nitrogens with one attached hydrogen (secondary N) is 2. The van der Waals surface area contributed by atoms with E-state index in [-0.39, 0.29) is 11.9 Å². The number of hydrogen-bond donors (Lipinski definition) is 2. The normalized spacial score (nSPS) is 11.6. The first-order valence-electron chi connectivity index (χ1n) is 7.05. The molecule has 0 aromatic heterocycles. The van der Waals surface area contributed by atoms with Crippen LogP contribution in [0.25, 0.3) is 0 Å². The van der Waals surface area contributed by atoms with Crippen molar-refractivity contribution in [1.29, 1.82) is 0 Å². The Bertz CT molecular complexity index is 614. The predicted octanol–water partition coefficient (Wildman–Crippen LogP) is 3.89. The first-order chi connectivity index (χ1) is 10.5. The highest BCUT2D eigenvalue weighted by Crippen LogP contribution is 2.12. The molecule has 2 N–H and O–H groups in total. The molecular formula is C17H19FN2OS. The summed E-state index contributed by atoms with van der Waals surface area (Å²) in [6.45, 7) is 4.51. The fraction of sp³-hybridized carbons (Fsp3) is 0.235. The summed E-state index contributed by atoms with van der Waals surface area (Å²) in [5.41, 5.74) is 1.94. The van der Waals surface area contributed by atoms with Gasteiger partial charge in [0.1, 0.15) is 18.2 Å². The number of benzene rings is 2. The monoisotopic (exact) mass is 318 g/mol. The molecule has 0 bridgehead atoms. The van der Waals surface area contributed by atoms with Crippen molar-refractivity contribution in [3.63, 3.8) is 0 Å². The summed E-state index contributed by atoms with van der Waals surface area (Å²) >= 11 is 5.22. The molecule has 0 radical (unpaired) electrons. The van der Waals surface area contributed by atoms with Crippen LogP contribution in [0, 0.1) is 12.7 Å². The summed E-state index contributed by atoms with van der Waals surface area (Å²) < 4.78 is 18.5. The van der Waals surface area contributed by atoms with Crippen LogP contribution in [0.15, 0.2) is 48.5 Å². The molecule has 0 heterocycles. The molecule has 2 aromatic carbocycles. The zero-order valence-corrected chi connectivity index (χ0v) is 13.4. The van der Waals surface area contributed by atoms with Gasteiger partial charge in [-0.2, -0.15) is 0 Å². The van der Waals surface area contributed by atoms with Gasteiger partial charge in [-0.15, -0.1) is 0 Å². The van der Waals surface area contributed by atoms with Gasteiger partial charge in [-0.05, 0) is 62.5 Å². The molecule has 0 aliphatic rings. The quantitative estimate of drug-likeness (QED) is 0.820. The van der Waals surface area contributed by atoms with Crippen molar-refractivity contribution in [2.45, 2.75) is 19.9 Å². The maximum Gasteiger partial charge on any atom is 0.171 e. The second-order valence-electron chi connectivity index (χ2n) is 5.13. The minimum Gasteiger partial charge on any atom is -0.491 e. The van der Waals surface area contributed by atoms with Crippen molar-refractivity contribution in [3.8, 4) is 5.75 Å². The van der Waals surface area contributed by atoms with Crippen LogP contribution >= 0.6 is 12.2 Å². The molecule has 0 aliphatic heterocycles. The smallest absolute Gasteiger partial charge is 0.171 e. The third-order valence-corrected chi connectivity index (χ3v) is 3.22. The molecule has 0 fully saturated rings. The molecule has 0 saturated heterocycles. The van der Waals surface area contributed by atoms with E-state index in [0.717, 1.165) is 11.4 Å². The van der Waals surface area contributed by atoms with Crippen LogP contribution in [-0.4, -0.2) is 17.8 Å². The number of rotatable bonds is 5. The predicted molar refractivity (Wildman–Crippen MR) is 91.9 cm³/mol. The van der Waals surface area contributed by atoms with Crippen molar-refractivity contribution >= 4 is 23.0 Å². The second-order valence-corrected chi connectivity index (χ2v) is 5.54. The van der Waals surface area contributed by atoms with Crippen molar-refractivity contribution in [3.05, 3.63) is 59.9 Å². The summed E-state index contributed by atoms with van der Waals surface area (Å²) in [5, 5.41) is 6.61. The van der Waals surface area contributed by atoms with Crippen LogP contribution in [0.5, 0.6) is 5.75 Å². The molecule has 2 aromatic rings. The lowest BCUT2D eigenvalue weighted by Crippen LogP contribution is -2.39. The number of halogens is 1. The van der Waals surface area contributed by atoms with E-state index in [1.165, 1.54) is 17.7 Å². The SMILES string of the molecule is Cc1ccc(OC[C@H](C)NC(=S)Nc2ccc(F)cc2)cc1. The number of aryl methyl sites for hydroxylation is 1. The maximum atomic E-state index is 12.8. The molecule has 5 heteroatoms. The van der Waals surface area contributed by atoms with E-state index in [2.05, 4.69) is 10.6 Å². The summed E-state index contributed by atoms with van der Waals surface area (Å²) in [6.07, 6.45) is 0. The molecule has 0 saturated carbocycles. The van der Waals surface area contributed by atoms with Gasteiger partial charge in [-0.3, -0.25) is 0 Å². The van der Waals surface area contributed by atoms with Crippen LogP contribution in [-0.2, 0) is 0 Å². The second kappa shape index (κ2) is 7.75. The van der Waals surface area contributed by atoms with Gasteiger partial charge in [-0.25, -0.2) is 4.39 Å². The van der Waals surface area contributed by atoms with Gasteiger partial charge in [0.05, 0.1) is 6.04 Å². The van der Waals surface area contributed by atoms with E-state index in [1.807, 2.05) is 38.1 Å². The Morgan fingerprint density at radius 2 is 1.77 bits per heavy atom. The summed E-state index contributed by atoms with van der Waals surface area (Å²) in [4.78, 5) is 0. The Morgan fingerprint density at radius 3 is 2.41 bits per heavy atom. The average molecular weight is 318 g/mol. The topological polar surface area (TPSA) is 33.3 Å². The molecule has 0 spiro atoms. The van der Waals surface area contributed by atoms with Crippen molar-refractivity contribution in [2.24, 2.45) is 0 Å². The van der Waals surface area contributed by atoms with E-state index in [0.29, 0.717) is 11.7 Å². The minimum atomic E-state index is -0.274. The highest BCUT2D eigenvalue weighted by Gasteiger charge is 2.06. The summed E-state index contributed by atoms with van der Waals surface area (Å²) in [5.74, 6) is 0.556. The molecular weight excluding hydrogens is 299 g/mol. The fourth-order valence-corrected chi connectivity index (χ4v) is 2.14. The number of hydrogen-bond acceptors (Lipinski definition) is 2.